The molecule has 1 aliphatic carbocycles. The van der Waals surface area contributed by atoms with Crippen molar-refractivity contribution < 1.29 is 8.42 Å². The van der Waals surface area contributed by atoms with Gasteiger partial charge in [0.2, 0.25) is 10.0 Å². The van der Waals surface area contributed by atoms with Crippen LogP contribution in [0.4, 0.5) is 0 Å². The predicted molar refractivity (Wildman–Crippen MR) is 84.6 cm³/mol. The minimum absolute atomic E-state index is 0.0922. The van der Waals surface area contributed by atoms with Crippen molar-refractivity contribution in [1.29, 1.82) is 0 Å². The average Bonchev–Trinajstić information content (AvgIpc) is 3.19. The summed E-state index contributed by atoms with van der Waals surface area (Å²) in [6.45, 7) is 0.172. The first-order chi connectivity index (χ1) is 9.95. The molecule has 0 spiro atoms. The molecule has 0 radical (unpaired) electrons. The van der Waals surface area contributed by atoms with Gasteiger partial charge >= 0.3 is 0 Å². The third-order valence-corrected chi connectivity index (χ3v) is 6.33. The number of sulfonamides is 1. The first-order valence-corrected chi connectivity index (χ1v) is 9.46. The third-order valence-electron chi connectivity index (χ3n) is 3.14. The first-order valence-electron chi connectivity index (χ1n) is 6.35. The standard InChI is InChI=1S/C13H12Cl2N2O2S2/c14-11-4-3-10(5-12(11)15)21(18,19)16-6-9-7-20-13(17-9)8-1-2-8/h3-5,7-8,16H,1-2,6H2. The van der Waals surface area contributed by atoms with Gasteiger partial charge in [0, 0.05) is 11.3 Å². The molecule has 2 aromatic rings. The lowest BCUT2D eigenvalue weighted by atomic mass is 10.4. The number of halogens is 2. The van der Waals surface area contributed by atoms with Crippen molar-refractivity contribution >= 4 is 44.6 Å². The molecule has 112 valence electrons. The number of thiazole rings is 1. The van der Waals surface area contributed by atoms with E-state index in [1.165, 1.54) is 31.0 Å². The van der Waals surface area contributed by atoms with Gasteiger partial charge in [-0.25, -0.2) is 18.1 Å². The largest absolute Gasteiger partial charge is 0.245 e. The average molecular weight is 363 g/mol. The van der Waals surface area contributed by atoms with E-state index in [9.17, 15) is 8.42 Å². The maximum atomic E-state index is 12.2. The molecule has 0 saturated heterocycles. The van der Waals surface area contributed by atoms with Crippen molar-refractivity contribution in [2.45, 2.75) is 30.2 Å². The minimum Gasteiger partial charge on any atom is -0.245 e. The molecule has 1 aliphatic rings. The molecule has 0 bridgehead atoms. The Bertz CT molecular complexity index is 770. The molecule has 8 heteroatoms. The van der Waals surface area contributed by atoms with E-state index in [0.717, 1.165) is 10.7 Å². The lowest BCUT2D eigenvalue weighted by Crippen LogP contribution is -2.23. The number of benzene rings is 1. The second kappa shape index (κ2) is 5.85. The van der Waals surface area contributed by atoms with Gasteiger partial charge in [0.15, 0.2) is 0 Å². The molecular formula is C13H12Cl2N2O2S2. The highest BCUT2D eigenvalue weighted by molar-refractivity contribution is 7.89. The number of aromatic nitrogens is 1. The zero-order valence-electron chi connectivity index (χ0n) is 10.8. The Kier molecular flexibility index (Phi) is 4.25. The van der Waals surface area contributed by atoms with Gasteiger partial charge in [0.25, 0.3) is 0 Å². The lowest BCUT2D eigenvalue weighted by molar-refractivity contribution is 0.580. The van der Waals surface area contributed by atoms with E-state index < -0.39 is 10.0 Å². The number of nitrogens with one attached hydrogen (secondary N) is 1. The number of hydrogen-bond donors (Lipinski definition) is 1. The highest BCUT2D eigenvalue weighted by Crippen LogP contribution is 2.41. The fourth-order valence-electron chi connectivity index (χ4n) is 1.82. The Morgan fingerprint density at radius 1 is 1.29 bits per heavy atom. The molecule has 1 N–H and O–H groups in total. The molecule has 0 aliphatic heterocycles. The fourth-order valence-corrected chi connectivity index (χ4v) is 4.20. The Balaban J connectivity index is 1.71. The molecule has 4 nitrogen and oxygen atoms in total. The van der Waals surface area contributed by atoms with Crippen molar-refractivity contribution in [3.8, 4) is 0 Å². The van der Waals surface area contributed by atoms with Gasteiger partial charge in [-0.1, -0.05) is 23.2 Å². The van der Waals surface area contributed by atoms with Gasteiger partial charge in [0.1, 0.15) is 0 Å². The molecule has 0 amide bonds. The van der Waals surface area contributed by atoms with Crippen LogP contribution in [0.5, 0.6) is 0 Å². The zero-order chi connectivity index (χ0) is 15.0. The molecule has 1 heterocycles. The van der Waals surface area contributed by atoms with Gasteiger partial charge in [0.05, 0.1) is 32.2 Å². The van der Waals surface area contributed by atoms with Gasteiger partial charge in [-0.15, -0.1) is 11.3 Å². The van der Waals surface area contributed by atoms with Crippen molar-refractivity contribution in [1.82, 2.24) is 9.71 Å². The number of rotatable bonds is 5. The topological polar surface area (TPSA) is 59.1 Å². The van der Waals surface area contributed by atoms with E-state index in [1.54, 1.807) is 11.3 Å². The van der Waals surface area contributed by atoms with E-state index in [4.69, 9.17) is 23.2 Å². The van der Waals surface area contributed by atoms with Crippen LogP contribution in [0.1, 0.15) is 29.5 Å². The van der Waals surface area contributed by atoms with Crippen LogP contribution in [-0.2, 0) is 16.6 Å². The van der Waals surface area contributed by atoms with Crippen LogP contribution in [0.25, 0.3) is 0 Å². The monoisotopic (exact) mass is 362 g/mol. The quantitative estimate of drug-likeness (QED) is 0.879. The molecular weight excluding hydrogens is 351 g/mol. The summed E-state index contributed by atoms with van der Waals surface area (Å²) in [5.74, 6) is 0.579. The second-order valence-corrected chi connectivity index (χ2v) is 8.32. The van der Waals surface area contributed by atoms with Crippen LogP contribution in [0.2, 0.25) is 10.0 Å². The van der Waals surface area contributed by atoms with Gasteiger partial charge in [-0.05, 0) is 31.0 Å². The fraction of sp³-hybridized carbons (Fsp3) is 0.308. The molecule has 0 atom stereocenters. The molecule has 0 unspecified atom stereocenters. The smallest absolute Gasteiger partial charge is 0.240 e. The minimum atomic E-state index is -3.62. The molecule has 1 fully saturated rings. The SMILES string of the molecule is O=S(=O)(NCc1csc(C2CC2)n1)c1ccc(Cl)c(Cl)c1. The van der Waals surface area contributed by atoms with Gasteiger partial charge in [-0.2, -0.15) is 0 Å². The van der Waals surface area contributed by atoms with Crippen molar-refractivity contribution in [3.05, 3.63) is 44.3 Å². The van der Waals surface area contributed by atoms with Crippen molar-refractivity contribution in [2.24, 2.45) is 0 Å². The summed E-state index contributed by atoms with van der Waals surface area (Å²) in [6.07, 6.45) is 2.36. The van der Waals surface area contributed by atoms with Crippen LogP contribution in [0.15, 0.2) is 28.5 Å². The lowest BCUT2D eigenvalue weighted by Gasteiger charge is -2.06. The van der Waals surface area contributed by atoms with Crippen LogP contribution in [0.3, 0.4) is 0 Å². The first kappa shape index (κ1) is 15.2. The highest BCUT2D eigenvalue weighted by atomic mass is 35.5. The summed E-state index contributed by atoms with van der Waals surface area (Å²) in [6, 6.07) is 4.22. The van der Waals surface area contributed by atoms with Crippen LogP contribution in [0, 0.1) is 0 Å². The zero-order valence-corrected chi connectivity index (χ0v) is 14.0. The van der Waals surface area contributed by atoms with Crippen LogP contribution in [-0.4, -0.2) is 13.4 Å². The highest BCUT2D eigenvalue weighted by Gasteiger charge is 2.26. The summed E-state index contributed by atoms with van der Waals surface area (Å²) in [5.41, 5.74) is 0.741. The summed E-state index contributed by atoms with van der Waals surface area (Å²) < 4.78 is 26.9. The van der Waals surface area contributed by atoms with Crippen molar-refractivity contribution in [3.63, 3.8) is 0 Å². The summed E-state index contributed by atoms with van der Waals surface area (Å²) >= 11 is 13.2. The number of nitrogens with zero attached hydrogens (tertiary/aromatic N) is 1. The van der Waals surface area contributed by atoms with E-state index in [2.05, 4.69) is 9.71 Å². The molecule has 1 aromatic carbocycles. The maximum Gasteiger partial charge on any atom is 0.240 e. The van der Waals surface area contributed by atoms with Crippen LogP contribution < -0.4 is 4.72 Å². The molecule has 1 saturated carbocycles. The summed E-state index contributed by atoms with van der Waals surface area (Å²) in [7, 11) is -3.62. The van der Waals surface area contributed by atoms with Gasteiger partial charge in [-0.3, -0.25) is 0 Å². The molecule has 21 heavy (non-hydrogen) atoms. The predicted octanol–water partition coefficient (Wildman–Crippen LogP) is 3.81. The molecule has 3 rings (SSSR count). The number of hydrogen-bond acceptors (Lipinski definition) is 4. The second-order valence-electron chi connectivity index (χ2n) is 4.85. The Morgan fingerprint density at radius 3 is 2.71 bits per heavy atom. The Hall–Kier alpha value is -0.660. The van der Waals surface area contributed by atoms with E-state index >= 15 is 0 Å². The Morgan fingerprint density at radius 2 is 2.05 bits per heavy atom. The van der Waals surface area contributed by atoms with E-state index in [1.807, 2.05) is 5.38 Å². The maximum absolute atomic E-state index is 12.2. The molecule has 1 aromatic heterocycles. The van der Waals surface area contributed by atoms with Crippen LogP contribution >= 0.6 is 34.5 Å². The van der Waals surface area contributed by atoms with E-state index in [0.29, 0.717) is 10.9 Å². The Labute approximate surface area is 137 Å². The summed E-state index contributed by atoms with van der Waals surface area (Å²) in [5, 5.41) is 3.53. The van der Waals surface area contributed by atoms with E-state index in [-0.39, 0.29) is 16.5 Å². The van der Waals surface area contributed by atoms with Crippen molar-refractivity contribution in [2.75, 3.05) is 0 Å². The normalized spacial score (nSPS) is 15.3. The summed E-state index contributed by atoms with van der Waals surface area (Å²) in [4.78, 5) is 4.54. The van der Waals surface area contributed by atoms with Gasteiger partial charge < -0.3 is 0 Å². The third kappa shape index (κ3) is 3.57.